The van der Waals surface area contributed by atoms with E-state index in [-0.39, 0.29) is 19.6 Å². The summed E-state index contributed by atoms with van der Waals surface area (Å²) in [7, 11) is 0. The fourth-order valence-electron chi connectivity index (χ4n) is 4.61. The zero-order chi connectivity index (χ0) is 29.6. The van der Waals surface area contributed by atoms with E-state index in [0.717, 1.165) is 16.7 Å². The molecule has 4 aromatic carbocycles. The normalized spacial score (nSPS) is 13.7. The summed E-state index contributed by atoms with van der Waals surface area (Å²) in [6, 6.07) is 35.1. The number of alkyl carbamates (subject to hydrolysis) is 2. The zero-order valence-electron chi connectivity index (χ0n) is 23.2. The van der Waals surface area contributed by atoms with Gasteiger partial charge in [0, 0.05) is 6.04 Å². The maximum Gasteiger partial charge on any atom is 0.407 e. The van der Waals surface area contributed by atoms with Gasteiger partial charge in [-0.1, -0.05) is 121 Å². The number of aliphatic hydroxyl groups excluding tert-OH is 2. The van der Waals surface area contributed by atoms with Crippen LogP contribution in [0.1, 0.15) is 34.8 Å². The number of hydrogen-bond donors (Lipinski definition) is 4. The van der Waals surface area contributed by atoms with Crippen molar-refractivity contribution in [3.05, 3.63) is 144 Å². The molecule has 42 heavy (non-hydrogen) atoms. The van der Waals surface area contributed by atoms with E-state index >= 15 is 0 Å². The van der Waals surface area contributed by atoms with E-state index in [1.165, 1.54) is 0 Å². The summed E-state index contributed by atoms with van der Waals surface area (Å²) in [5.41, 5.74) is 3.10. The third kappa shape index (κ3) is 9.76. The van der Waals surface area contributed by atoms with E-state index in [4.69, 9.17) is 9.47 Å². The Hall–Kier alpha value is -4.66. The average Bonchev–Trinajstić information content (AvgIpc) is 3.03. The van der Waals surface area contributed by atoms with Crippen molar-refractivity contribution in [1.29, 1.82) is 0 Å². The maximum absolute atomic E-state index is 12.8. The quantitative estimate of drug-likeness (QED) is 0.174. The summed E-state index contributed by atoms with van der Waals surface area (Å²) >= 11 is 0. The van der Waals surface area contributed by atoms with Crippen LogP contribution in [-0.4, -0.2) is 40.6 Å². The third-order valence-corrected chi connectivity index (χ3v) is 6.78. The Kier molecular flexibility index (Phi) is 11.5. The molecule has 0 aliphatic carbocycles. The summed E-state index contributed by atoms with van der Waals surface area (Å²) in [5, 5.41) is 28.2. The molecule has 0 saturated carbocycles. The van der Waals surface area contributed by atoms with E-state index in [9.17, 15) is 19.8 Å². The highest BCUT2D eigenvalue weighted by Crippen LogP contribution is 2.22. The van der Waals surface area contributed by atoms with Crippen LogP contribution >= 0.6 is 0 Å². The van der Waals surface area contributed by atoms with E-state index in [2.05, 4.69) is 10.6 Å². The minimum Gasteiger partial charge on any atom is -0.445 e. The first-order chi connectivity index (χ1) is 20.5. The van der Waals surface area contributed by atoms with Crippen LogP contribution in [0.4, 0.5) is 9.59 Å². The number of amides is 2. The van der Waals surface area contributed by atoms with Gasteiger partial charge in [0.15, 0.2) is 0 Å². The molecule has 0 heterocycles. The number of hydrogen-bond acceptors (Lipinski definition) is 6. The topological polar surface area (TPSA) is 117 Å². The van der Waals surface area contributed by atoms with E-state index in [1.807, 2.05) is 97.1 Å². The molecule has 8 heteroatoms. The van der Waals surface area contributed by atoms with Crippen LogP contribution in [0.5, 0.6) is 0 Å². The number of benzene rings is 4. The van der Waals surface area contributed by atoms with Crippen LogP contribution in [0.15, 0.2) is 121 Å². The number of carbonyl (C=O) groups excluding carboxylic acids is 2. The predicted molar refractivity (Wildman–Crippen MR) is 159 cm³/mol. The largest absolute Gasteiger partial charge is 0.445 e. The van der Waals surface area contributed by atoms with Crippen molar-refractivity contribution < 1.29 is 29.3 Å². The summed E-state index contributed by atoms with van der Waals surface area (Å²) in [5.74, 6) is 0. The molecule has 4 N–H and O–H groups in total. The lowest BCUT2D eigenvalue weighted by molar-refractivity contribution is 0.0234. The van der Waals surface area contributed by atoms with Crippen LogP contribution in [0.25, 0.3) is 0 Å². The summed E-state index contributed by atoms with van der Waals surface area (Å²) in [6.45, 7) is 0.125. The fraction of sp³-hybridized carbons (Fsp3) is 0.235. The first-order valence-electron chi connectivity index (χ1n) is 13.9. The van der Waals surface area contributed by atoms with Crippen LogP contribution in [-0.2, 0) is 29.1 Å². The Balaban J connectivity index is 1.47. The second kappa shape index (κ2) is 16.0. The SMILES string of the molecule is O=C(N[C@@H](Cc1ccccc1)C[C@@H](O)[C@H](NC(=O)OCc1ccccc1)C(O)c1ccccc1)OCc1ccccc1. The highest BCUT2D eigenvalue weighted by atomic mass is 16.6. The molecule has 0 aromatic heterocycles. The molecule has 0 fully saturated rings. The Morgan fingerprint density at radius 1 is 0.595 bits per heavy atom. The average molecular weight is 569 g/mol. The molecule has 0 saturated heterocycles. The number of carbonyl (C=O) groups is 2. The second-order valence-electron chi connectivity index (χ2n) is 9.98. The van der Waals surface area contributed by atoms with Crippen molar-refractivity contribution >= 4 is 12.2 Å². The van der Waals surface area contributed by atoms with Crippen LogP contribution in [0, 0.1) is 0 Å². The molecule has 4 aromatic rings. The van der Waals surface area contributed by atoms with Crippen molar-refractivity contribution in [3.63, 3.8) is 0 Å². The van der Waals surface area contributed by atoms with Gasteiger partial charge in [0.25, 0.3) is 0 Å². The van der Waals surface area contributed by atoms with Gasteiger partial charge in [-0.25, -0.2) is 9.59 Å². The second-order valence-corrected chi connectivity index (χ2v) is 9.98. The number of rotatable bonds is 13. The lowest BCUT2D eigenvalue weighted by atomic mass is 9.92. The van der Waals surface area contributed by atoms with Gasteiger partial charge < -0.3 is 30.3 Å². The van der Waals surface area contributed by atoms with E-state index < -0.39 is 36.5 Å². The Morgan fingerprint density at radius 2 is 1.02 bits per heavy atom. The lowest BCUT2D eigenvalue weighted by Gasteiger charge is -2.31. The zero-order valence-corrected chi connectivity index (χ0v) is 23.2. The van der Waals surface area contributed by atoms with Gasteiger partial charge in [-0.3, -0.25) is 0 Å². The Morgan fingerprint density at radius 3 is 1.52 bits per heavy atom. The molecule has 218 valence electrons. The molecule has 0 bridgehead atoms. The van der Waals surface area contributed by atoms with Crippen molar-refractivity contribution in [2.24, 2.45) is 0 Å². The molecule has 2 amide bonds. The van der Waals surface area contributed by atoms with Gasteiger partial charge in [-0.05, 0) is 35.1 Å². The number of aliphatic hydroxyl groups is 2. The Labute approximate surface area is 245 Å². The summed E-state index contributed by atoms with van der Waals surface area (Å²) in [6.07, 6.45) is -3.51. The highest BCUT2D eigenvalue weighted by Gasteiger charge is 2.32. The predicted octanol–water partition coefficient (Wildman–Crippen LogP) is 5.30. The minimum absolute atomic E-state index is 0.0167. The third-order valence-electron chi connectivity index (χ3n) is 6.78. The van der Waals surface area contributed by atoms with Gasteiger partial charge in [0.1, 0.15) is 19.3 Å². The van der Waals surface area contributed by atoms with Crippen LogP contribution in [0.2, 0.25) is 0 Å². The van der Waals surface area contributed by atoms with Gasteiger partial charge in [0.05, 0.1) is 12.1 Å². The van der Waals surface area contributed by atoms with Crippen molar-refractivity contribution in [1.82, 2.24) is 10.6 Å². The van der Waals surface area contributed by atoms with Crippen molar-refractivity contribution in [2.75, 3.05) is 0 Å². The molecule has 0 spiro atoms. The number of ether oxygens (including phenoxy) is 2. The molecular weight excluding hydrogens is 532 g/mol. The first-order valence-corrected chi connectivity index (χ1v) is 13.9. The maximum atomic E-state index is 12.8. The van der Waals surface area contributed by atoms with Crippen molar-refractivity contribution in [3.8, 4) is 0 Å². The fourth-order valence-corrected chi connectivity index (χ4v) is 4.61. The van der Waals surface area contributed by atoms with E-state index in [1.54, 1.807) is 24.3 Å². The number of nitrogens with one attached hydrogen (secondary N) is 2. The molecule has 0 aliphatic rings. The minimum atomic E-state index is -1.26. The summed E-state index contributed by atoms with van der Waals surface area (Å²) < 4.78 is 10.8. The van der Waals surface area contributed by atoms with Crippen LogP contribution in [0.3, 0.4) is 0 Å². The molecule has 8 nitrogen and oxygen atoms in total. The molecule has 0 radical (unpaired) electrons. The molecule has 4 atom stereocenters. The molecule has 1 unspecified atom stereocenters. The van der Waals surface area contributed by atoms with Gasteiger partial charge in [-0.2, -0.15) is 0 Å². The standard InChI is InChI=1S/C34H36N2O6/c37-30(22-29(21-25-13-5-1-6-14-25)35-33(39)41-23-26-15-7-2-8-16-26)31(32(38)28-19-11-4-12-20-28)36-34(40)42-24-27-17-9-3-10-18-27/h1-20,29-32,37-38H,21-24H2,(H,35,39)(H,36,40)/t29-,30+,31-,32?/m0/s1. The molecule has 4 rings (SSSR count). The van der Waals surface area contributed by atoms with E-state index in [0.29, 0.717) is 12.0 Å². The monoisotopic (exact) mass is 568 g/mol. The van der Waals surface area contributed by atoms with Gasteiger partial charge >= 0.3 is 12.2 Å². The van der Waals surface area contributed by atoms with Crippen molar-refractivity contribution in [2.45, 2.75) is 50.3 Å². The van der Waals surface area contributed by atoms with Gasteiger partial charge in [0.2, 0.25) is 0 Å². The smallest absolute Gasteiger partial charge is 0.407 e. The Bertz CT molecular complexity index is 1360. The van der Waals surface area contributed by atoms with Crippen LogP contribution < -0.4 is 10.6 Å². The first kappa shape index (κ1) is 30.3. The van der Waals surface area contributed by atoms with Gasteiger partial charge in [-0.15, -0.1) is 0 Å². The summed E-state index contributed by atoms with van der Waals surface area (Å²) in [4.78, 5) is 25.6. The molecule has 0 aliphatic heterocycles. The molecular formula is C34H36N2O6. The lowest BCUT2D eigenvalue weighted by Crippen LogP contribution is -2.50. The highest BCUT2D eigenvalue weighted by molar-refractivity contribution is 5.68.